The van der Waals surface area contributed by atoms with Gasteiger partial charge in [0.05, 0.1) is 26.5 Å². The van der Waals surface area contributed by atoms with Gasteiger partial charge in [0.1, 0.15) is 4.90 Å². The molecule has 3 N–H and O–H groups in total. The molecule has 186 valence electrons. The number of nitrogens with one attached hydrogen (secondary N) is 3. The van der Waals surface area contributed by atoms with Gasteiger partial charge in [-0.05, 0) is 17.7 Å². The number of methoxy groups -OCH3 is 2. The highest BCUT2D eigenvalue weighted by molar-refractivity contribution is 7.90. The minimum atomic E-state index is -4.61. The second-order valence-electron chi connectivity index (χ2n) is 6.54. The van der Waals surface area contributed by atoms with Crippen LogP contribution in [0.2, 0.25) is 0 Å². The van der Waals surface area contributed by atoms with Gasteiger partial charge in [-0.1, -0.05) is 13.0 Å². The van der Waals surface area contributed by atoms with Gasteiger partial charge in [-0.15, -0.1) is 0 Å². The van der Waals surface area contributed by atoms with E-state index in [0.29, 0.717) is 0 Å². The van der Waals surface area contributed by atoms with Crippen molar-refractivity contribution < 1.29 is 40.6 Å². The van der Waals surface area contributed by atoms with Crippen molar-refractivity contribution in [2.75, 3.05) is 25.8 Å². The summed E-state index contributed by atoms with van der Waals surface area (Å²) >= 11 is 0. The normalized spacial score (nSPS) is 11.4. The molecular formula is C18H23N5O9S2. The number of sulfonamides is 2. The molecule has 1 aromatic heterocycles. The summed E-state index contributed by atoms with van der Waals surface area (Å²) in [7, 11) is -5.53. The van der Waals surface area contributed by atoms with Crippen molar-refractivity contribution in [3.8, 4) is 17.5 Å². The summed E-state index contributed by atoms with van der Waals surface area (Å²) in [5, 5.41) is 2.14. The Morgan fingerprint density at radius 2 is 1.62 bits per heavy atom. The molecule has 0 saturated heterocycles. The molecule has 1 heterocycles. The highest BCUT2D eigenvalue weighted by Gasteiger charge is 2.25. The zero-order chi connectivity index (χ0) is 25.5. The van der Waals surface area contributed by atoms with Gasteiger partial charge >= 0.3 is 12.0 Å². The van der Waals surface area contributed by atoms with E-state index in [1.807, 2.05) is 0 Å². The third-order valence-electron chi connectivity index (χ3n) is 3.90. The molecule has 2 amide bonds. The van der Waals surface area contributed by atoms with Gasteiger partial charge in [0.15, 0.2) is 5.75 Å². The first-order valence-corrected chi connectivity index (χ1v) is 12.8. The molecule has 0 aliphatic heterocycles. The number of esters is 1. The zero-order valence-corrected chi connectivity index (χ0v) is 20.2. The Kier molecular flexibility index (Phi) is 8.72. The summed E-state index contributed by atoms with van der Waals surface area (Å²) in [4.78, 5) is 31.3. The standard InChI is InChI=1S/C18H23N5O9S2/c1-5-16(24)32-12-7-6-11(10-19-33(4,26)27)8-13(12)34(28,29)23-18(25)22-17-20-14(30-2)9-15(21-17)31-3/h6-9,19H,5,10H2,1-4H3,(H2,20,21,22,23,25). The summed E-state index contributed by atoms with van der Waals surface area (Å²) in [6.45, 7) is 1.27. The molecule has 0 fully saturated rings. The van der Waals surface area contributed by atoms with Gasteiger partial charge < -0.3 is 14.2 Å². The molecule has 0 unspecified atom stereocenters. The van der Waals surface area contributed by atoms with E-state index < -0.39 is 36.9 Å². The van der Waals surface area contributed by atoms with E-state index in [1.54, 1.807) is 4.72 Å². The monoisotopic (exact) mass is 517 g/mol. The van der Waals surface area contributed by atoms with Crippen molar-refractivity contribution in [1.29, 1.82) is 0 Å². The summed E-state index contributed by atoms with van der Waals surface area (Å²) in [5.41, 5.74) is 0.225. The SMILES string of the molecule is CCC(=O)Oc1ccc(CNS(C)(=O)=O)cc1S(=O)(=O)NC(=O)Nc1nc(OC)cc(OC)n1. The number of rotatable bonds is 10. The molecule has 2 rings (SSSR count). The van der Waals surface area contributed by atoms with Crippen LogP contribution in [0.25, 0.3) is 0 Å². The number of amides is 2. The Bertz CT molecular complexity index is 1260. The van der Waals surface area contributed by atoms with Gasteiger partial charge in [-0.25, -0.2) is 31.1 Å². The van der Waals surface area contributed by atoms with Crippen LogP contribution in [0.15, 0.2) is 29.2 Å². The van der Waals surface area contributed by atoms with Crippen LogP contribution in [0, 0.1) is 0 Å². The Morgan fingerprint density at radius 3 is 2.15 bits per heavy atom. The van der Waals surface area contributed by atoms with Crippen LogP contribution in [0.4, 0.5) is 10.7 Å². The van der Waals surface area contributed by atoms with Crippen molar-refractivity contribution in [1.82, 2.24) is 19.4 Å². The summed E-state index contributed by atoms with van der Waals surface area (Å²) in [6, 6.07) is 3.71. The Labute approximate surface area is 196 Å². The molecule has 0 bridgehead atoms. The van der Waals surface area contributed by atoms with Crippen LogP contribution < -0.4 is 29.0 Å². The lowest BCUT2D eigenvalue weighted by molar-refractivity contribution is -0.134. The largest absolute Gasteiger partial charge is 0.481 e. The topological polar surface area (TPSA) is 192 Å². The Balaban J connectivity index is 2.34. The number of benzene rings is 1. The van der Waals surface area contributed by atoms with Crippen molar-refractivity contribution >= 4 is 38.0 Å². The van der Waals surface area contributed by atoms with Crippen LogP contribution in [-0.2, 0) is 31.4 Å². The summed E-state index contributed by atoms with van der Waals surface area (Å²) in [6.07, 6.45) is 0.892. The molecule has 0 atom stereocenters. The van der Waals surface area contributed by atoms with E-state index >= 15 is 0 Å². The van der Waals surface area contributed by atoms with E-state index in [0.717, 1.165) is 12.3 Å². The van der Waals surface area contributed by atoms with Gasteiger partial charge in [0.25, 0.3) is 10.0 Å². The lowest BCUT2D eigenvalue weighted by Gasteiger charge is -2.14. The maximum atomic E-state index is 12.9. The number of carbonyl (C=O) groups excluding carboxylic acids is 2. The number of hydrogen-bond donors (Lipinski definition) is 3. The first kappa shape index (κ1) is 26.7. The molecule has 34 heavy (non-hydrogen) atoms. The summed E-state index contributed by atoms with van der Waals surface area (Å²) in [5.74, 6) is -1.29. The molecule has 0 saturated carbocycles. The molecular weight excluding hydrogens is 494 g/mol. The fraction of sp³-hybridized carbons (Fsp3) is 0.333. The second-order valence-corrected chi connectivity index (χ2v) is 10.0. The number of aromatic nitrogens is 2. The Morgan fingerprint density at radius 1 is 1.00 bits per heavy atom. The predicted octanol–water partition coefficient (Wildman–Crippen LogP) is 0.369. The fourth-order valence-electron chi connectivity index (χ4n) is 2.34. The van der Waals surface area contributed by atoms with E-state index in [4.69, 9.17) is 14.2 Å². The van der Waals surface area contributed by atoms with E-state index in [9.17, 15) is 26.4 Å². The first-order chi connectivity index (χ1) is 15.9. The van der Waals surface area contributed by atoms with Crippen molar-refractivity contribution in [2.24, 2.45) is 0 Å². The quantitative estimate of drug-likeness (QED) is 0.291. The number of urea groups is 1. The number of ether oxygens (including phenoxy) is 3. The third-order valence-corrected chi connectivity index (χ3v) is 5.92. The molecule has 16 heteroatoms. The molecule has 14 nitrogen and oxygen atoms in total. The maximum Gasteiger partial charge on any atom is 0.335 e. The lowest BCUT2D eigenvalue weighted by atomic mass is 10.2. The number of hydrogen-bond acceptors (Lipinski definition) is 11. The molecule has 0 aliphatic carbocycles. The number of carbonyl (C=O) groups is 2. The van der Waals surface area contributed by atoms with Gasteiger partial charge in [0.2, 0.25) is 27.7 Å². The Hall–Kier alpha value is -3.50. The first-order valence-electron chi connectivity index (χ1n) is 9.46. The van der Waals surface area contributed by atoms with Crippen LogP contribution in [0.5, 0.6) is 17.5 Å². The van der Waals surface area contributed by atoms with Crippen LogP contribution >= 0.6 is 0 Å². The van der Waals surface area contributed by atoms with Crippen molar-refractivity contribution in [3.05, 3.63) is 29.8 Å². The maximum absolute atomic E-state index is 12.9. The summed E-state index contributed by atoms with van der Waals surface area (Å²) < 4.78 is 67.5. The van der Waals surface area contributed by atoms with Gasteiger partial charge in [-0.3, -0.25) is 10.1 Å². The van der Waals surface area contributed by atoms with E-state index in [-0.39, 0.29) is 42.0 Å². The predicted molar refractivity (Wildman–Crippen MR) is 119 cm³/mol. The van der Waals surface area contributed by atoms with Gasteiger partial charge in [0, 0.05) is 13.0 Å². The van der Waals surface area contributed by atoms with Gasteiger partial charge in [-0.2, -0.15) is 9.97 Å². The molecule has 0 aliphatic rings. The average Bonchev–Trinajstić information content (AvgIpc) is 2.76. The second kappa shape index (κ2) is 11.1. The van der Waals surface area contributed by atoms with Crippen molar-refractivity contribution in [3.63, 3.8) is 0 Å². The smallest absolute Gasteiger partial charge is 0.335 e. The molecule has 0 radical (unpaired) electrons. The number of nitrogens with zero attached hydrogens (tertiary/aromatic N) is 2. The van der Waals surface area contributed by atoms with Crippen LogP contribution in [-0.4, -0.2) is 59.3 Å². The van der Waals surface area contributed by atoms with Crippen molar-refractivity contribution in [2.45, 2.75) is 24.8 Å². The molecule has 0 spiro atoms. The molecule has 2 aromatic rings. The van der Waals surface area contributed by atoms with E-state index in [1.165, 1.54) is 39.3 Å². The highest BCUT2D eigenvalue weighted by Crippen LogP contribution is 2.26. The number of anilines is 1. The van der Waals surface area contributed by atoms with Crippen LogP contribution in [0.1, 0.15) is 18.9 Å². The van der Waals surface area contributed by atoms with Crippen LogP contribution in [0.3, 0.4) is 0 Å². The minimum absolute atomic E-state index is 0.0419. The third kappa shape index (κ3) is 7.82. The fourth-order valence-corrected chi connectivity index (χ4v) is 3.85. The minimum Gasteiger partial charge on any atom is -0.481 e. The zero-order valence-electron chi connectivity index (χ0n) is 18.6. The highest BCUT2D eigenvalue weighted by atomic mass is 32.2. The average molecular weight is 518 g/mol. The lowest BCUT2D eigenvalue weighted by Crippen LogP contribution is -2.35. The molecule has 1 aromatic carbocycles. The van der Waals surface area contributed by atoms with E-state index in [2.05, 4.69) is 20.0 Å².